The van der Waals surface area contributed by atoms with Crippen molar-refractivity contribution < 1.29 is 18.0 Å². The van der Waals surface area contributed by atoms with E-state index >= 15 is 0 Å². The number of carbonyl (C=O) groups excluding carboxylic acids is 1. The molecule has 9 nitrogen and oxygen atoms in total. The summed E-state index contributed by atoms with van der Waals surface area (Å²) in [6.45, 7) is 5.48. The summed E-state index contributed by atoms with van der Waals surface area (Å²) in [5, 5.41) is 21.2. The highest BCUT2D eigenvalue weighted by molar-refractivity contribution is 7.18. The summed E-state index contributed by atoms with van der Waals surface area (Å²) >= 11 is 1.06. The zero-order valence-electron chi connectivity index (χ0n) is 25.9. The van der Waals surface area contributed by atoms with Gasteiger partial charge in [-0.15, -0.1) is 11.3 Å². The van der Waals surface area contributed by atoms with Crippen LogP contribution < -0.4 is 16.0 Å². The standard InChI is InChI=1S/C33H37F3N8OS/c1-19-20(3-4-28-26(19)9-24(15-37)44(28)17-22-13-32(39-18-45)11-21(22)12-32)16-43-7-5-23(6-8-43)40-29-27-10-25(14-33(34,35)36)46-30(27)42-31(38-2)41-29/h3-4,9-10,18,21-23H,5-8,11-14,16-17H2,1-2H3,(H,39,45)(H2,38,40,41,42). The molecule has 1 aromatic carbocycles. The summed E-state index contributed by atoms with van der Waals surface area (Å²) in [5.74, 6) is 2.00. The maximum absolute atomic E-state index is 13.1. The minimum Gasteiger partial charge on any atom is -0.367 e. The summed E-state index contributed by atoms with van der Waals surface area (Å²) in [4.78, 5) is 23.2. The van der Waals surface area contributed by atoms with Crippen molar-refractivity contribution in [1.82, 2.24) is 24.8 Å². The van der Waals surface area contributed by atoms with Gasteiger partial charge < -0.3 is 20.5 Å². The van der Waals surface area contributed by atoms with E-state index in [1.807, 2.05) is 6.07 Å². The lowest BCUT2D eigenvalue weighted by molar-refractivity contribution is -0.126. The van der Waals surface area contributed by atoms with Crippen LogP contribution in [0.25, 0.3) is 21.1 Å². The number of nitrogens with zero attached hydrogens (tertiary/aromatic N) is 5. The molecule has 1 saturated heterocycles. The molecule has 1 amide bonds. The van der Waals surface area contributed by atoms with E-state index in [0.29, 0.717) is 39.5 Å². The molecule has 2 bridgehead atoms. The third kappa shape index (κ3) is 5.77. The molecule has 8 rings (SSSR count). The summed E-state index contributed by atoms with van der Waals surface area (Å²) < 4.78 is 41.3. The highest BCUT2D eigenvalue weighted by Gasteiger charge is 2.55. The fraction of sp³-hybridized carbons (Fsp3) is 0.515. The zero-order valence-corrected chi connectivity index (χ0v) is 26.7. The summed E-state index contributed by atoms with van der Waals surface area (Å²) in [6.07, 6.45) is 0.353. The van der Waals surface area contributed by atoms with E-state index in [-0.39, 0.29) is 16.5 Å². The Morgan fingerprint density at radius 3 is 2.63 bits per heavy atom. The molecule has 0 radical (unpaired) electrons. The number of anilines is 2. The van der Waals surface area contributed by atoms with Crippen LogP contribution in [-0.4, -0.2) is 63.7 Å². The predicted octanol–water partition coefficient (Wildman–Crippen LogP) is 5.96. The number of thiophene rings is 1. The van der Waals surface area contributed by atoms with Gasteiger partial charge in [0.25, 0.3) is 0 Å². The number of amides is 1. The van der Waals surface area contributed by atoms with Crippen LogP contribution in [0.5, 0.6) is 0 Å². The Hall–Kier alpha value is -3.89. The van der Waals surface area contributed by atoms with Crippen molar-refractivity contribution in [1.29, 1.82) is 5.26 Å². The molecule has 3 N–H and O–H groups in total. The van der Waals surface area contributed by atoms with Crippen LogP contribution in [-0.2, 0) is 24.3 Å². The molecule has 4 fully saturated rings. The SMILES string of the molecule is CNc1nc(NC2CCN(Cc3ccc4c(cc(C#N)n4CC4CC5(NC=O)CC4C5)c3C)CC2)c2cc(CC(F)(F)F)sc2n1. The second kappa shape index (κ2) is 11.7. The number of hydrogen-bond donors (Lipinski definition) is 3. The number of carbonyl (C=O) groups is 1. The third-order valence-electron chi connectivity index (χ3n) is 10.4. The highest BCUT2D eigenvalue weighted by Crippen LogP contribution is 2.56. The number of fused-ring (bicyclic) bond motifs is 3. The van der Waals surface area contributed by atoms with Gasteiger partial charge in [-0.25, -0.2) is 4.98 Å². The first kappa shape index (κ1) is 30.7. The van der Waals surface area contributed by atoms with Gasteiger partial charge in [0.15, 0.2) is 0 Å². The average Bonchev–Trinajstić information content (AvgIpc) is 3.75. The van der Waals surface area contributed by atoms with Crippen LogP contribution in [0.15, 0.2) is 24.3 Å². The van der Waals surface area contributed by atoms with Gasteiger partial charge in [0.05, 0.1) is 11.8 Å². The number of likely N-dealkylation sites (tertiary alicyclic amines) is 1. The first-order valence-electron chi connectivity index (χ1n) is 15.8. The third-order valence-corrected chi connectivity index (χ3v) is 11.4. The van der Waals surface area contributed by atoms with Crippen molar-refractivity contribution >= 4 is 50.6 Å². The number of hydrogen-bond acceptors (Lipinski definition) is 8. The topological polar surface area (TPSA) is 111 Å². The second-order valence-corrected chi connectivity index (χ2v) is 14.4. The fourth-order valence-electron chi connectivity index (χ4n) is 7.99. The van der Waals surface area contributed by atoms with Crippen LogP contribution >= 0.6 is 11.3 Å². The Morgan fingerprint density at radius 2 is 1.93 bits per heavy atom. The van der Waals surface area contributed by atoms with E-state index in [1.54, 1.807) is 13.1 Å². The average molecular weight is 651 g/mol. The molecule has 3 aliphatic carbocycles. The Balaban J connectivity index is 1.02. The highest BCUT2D eigenvalue weighted by atomic mass is 32.1. The molecule has 1 unspecified atom stereocenters. The van der Waals surface area contributed by atoms with Gasteiger partial charge in [-0.1, -0.05) is 6.07 Å². The van der Waals surface area contributed by atoms with Gasteiger partial charge >= 0.3 is 6.18 Å². The fourth-order valence-corrected chi connectivity index (χ4v) is 9.05. The monoisotopic (exact) mass is 650 g/mol. The molecule has 46 heavy (non-hydrogen) atoms. The Kier molecular flexibility index (Phi) is 7.84. The van der Waals surface area contributed by atoms with Crippen LogP contribution in [0.3, 0.4) is 0 Å². The lowest BCUT2D eigenvalue weighted by atomic mass is 9.76. The largest absolute Gasteiger partial charge is 0.393 e. The second-order valence-electron chi connectivity index (χ2n) is 13.3. The normalized spacial score (nSPS) is 23.4. The lowest BCUT2D eigenvalue weighted by Crippen LogP contribution is -2.48. The smallest absolute Gasteiger partial charge is 0.367 e. The van der Waals surface area contributed by atoms with Crippen molar-refractivity contribution in [2.75, 3.05) is 30.8 Å². The number of nitriles is 1. The van der Waals surface area contributed by atoms with Gasteiger partial charge in [-0.05, 0) is 80.2 Å². The molecule has 1 atom stereocenters. The number of benzene rings is 1. The molecule has 4 aliphatic rings. The van der Waals surface area contributed by atoms with Gasteiger partial charge in [0.2, 0.25) is 12.4 Å². The van der Waals surface area contributed by atoms with Crippen molar-refractivity contribution in [3.8, 4) is 6.07 Å². The van der Waals surface area contributed by atoms with Crippen molar-refractivity contribution in [2.24, 2.45) is 11.8 Å². The first-order chi connectivity index (χ1) is 22.1. The van der Waals surface area contributed by atoms with Crippen molar-refractivity contribution in [3.05, 3.63) is 46.0 Å². The van der Waals surface area contributed by atoms with Crippen LogP contribution in [0.2, 0.25) is 0 Å². The predicted molar refractivity (Wildman–Crippen MR) is 173 cm³/mol. The quantitative estimate of drug-likeness (QED) is 0.182. The Bertz CT molecular complexity index is 1830. The molecular formula is C33H37F3N8OS. The van der Waals surface area contributed by atoms with Crippen LogP contribution in [0.4, 0.5) is 24.9 Å². The number of alkyl halides is 3. The summed E-state index contributed by atoms with van der Waals surface area (Å²) in [7, 11) is 1.70. The van der Waals surface area contributed by atoms with E-state index < -0.39 is 12.6 Å². The number of aromatic nitrogens is 3. The molecule has 4 heterocycles. The van der Waals surface area contributed by atoms with Crippen molar-refractivity contribution in [2.45, 2.75) is 76.3 Å². The Labute approximate surface area is 269 Å². The Morgan fingerprint density at radius 1 is 1.15 bits per heavy atom. The van der Waals surface area contributed by atoms with E-state index in [4.69, 9.17) is 0 Å². The maximum atomic E-state index is 13.1. The van der Waals surface area contributed by atoms with Crippen LogP contribution in [0, 0.1) is 30.1 Å². The minimum absolute atomic E-state index is 0.0420. The van der Waals surface area contributed by atoms with Gasteiger partial charge in [0, 0.05) is 60.6 Å². The van der Waals surface area contributed by atoms with Gasteiger partial charge in [-0.2, -0.15) is 23.4 Å². The van der Waals surface area contributed by atoms with Crippen LogP contribution in [0.1, 0.15) is 53.8 Å². The number of halogens is 3. The molecule has 3 saturated carbocycles. The molecular weight excluding hydrogens is 613 g/mol. The first-order valence-corrected chi connectivity index (χ1v) is 16.7. The molecule has 0 spiro atoms. The van der Waals surface area contributed by atoms with E-state index in [0.717, 1.165) is 86.9 Å². The number of nitrogens with one attached hydrogen (secondary N) is 3. The lowest BCUT2D eigenvalue weighted by Gasteiger charge is -2.38. The maximum Gasteiger partial charge on any atom is 0.393 e. The van der Waals surface area contributed by atoms with E-state index in [1.165, 1.54) is 11.1 Å². The van der Waals surface area contributed by atoms with Gasteiger partial charge in [0.1, 0.15) is 22.4 Å². The molecule has 242 valence electrons. The molecule has 4 aromatic rings. The number of aryl methyl sites for hydroxylation is 1. The van der Waals surface area contributed by atoms with Gasteiger partial charge in [-0.3, -0.25) is 9.69 Å². The minimum atomic E-state index is -4.28. The van der Waals surface area contributed by atoms with E-state index in [9.17, 15) is 23.2 Å². The number of rotatable bonds is 10. The molecule has 13 heteroatoms. The zero-order chi connectivity index (χ0) is 32.2. The summed E-state index contributed by atoms with van der Waals surface area (Å²) in [6, 6.07) is 10.5. The summed E-state index contributed by atoms with van der Waals surface area (Å²) in [5.41, 5.74) is 4.16. The van der Waals surface area contributed by atoms with E-state index in [2.05, 4.69) is 60.5 Å². The van der Waals surface area contributed by atoms with Crippen molar-refractivity contribution in [3.63, 3.8) is 0 Å². The molecule has 3 aromatic heterocycles. The molecule has 1 aliphatic heterocycles. The number of piperidine rings is 1.